The molecule has 4 aromatic carbocycles. The average Bonchev–Trinajstić information content (AvgIpc) is 3.37. The molecule has 0 spiro atoms. The third kappa shape index (κ3) is 4.72. The number of aromatic nitrogens is 2. The number of amides is 2. The van der Waals surface area contributed by atoms with Crippen molar-refractivity contribution in [2.24, 2.45) is 0 Å². The summed E-state index contributed by atoms with van der Waals surface area (Å²) in [6.45, 7) is 0. The molecule has 5 aromatic rings. The van der Waals surface area contributed by atoms with Crippen LogP contribution < -0.4 is 15.4 Å². The van der Waals surface area contributed by atoms with E-state index in [0.29, 0.717) is 28.1 Å². The molecular weight excluding hydrogens is 444 g/mol. The third-order valence-electron chi connectivity index (χ3n) is 5.40. The fourth-order valence-corrected chi connectivity index (χ4v) is 3.65. The van der Waals surface area contributed by atoms with Crippen LogP contribution in [0.15, 0.2) is 95.4 Å². The van der Waals surface area contributed by atoms with Crippen molar-refractivity contribution in [2.75, 3.05) is 17.7 Å². The molecule has 0 saturated heterocycles. The monoisotopic (exact) mass is 464 g/mol. The lowest BCUT2D eigenvalue weighted by molar-refractivity contribution is 0.101. The number of carbonyl (C=O) groups is 2. The Morgan fingerprint density at radius 3 is 2.40 bits per heavy atom. The van der Waals surface area contributed by atoms with Crippen LogP contribution in [0.25, 0.3) is 22.2 Å². The molecule has 1 heterocycles. The van der Waals surface area contributed by atoms with E-state index in [9.17, 15) is 9.59 Å². The number of nitrogens with one attached hydrogen (secondary N) is 2. The van der Waals surface area contributed by atoms with Gasteiger partial charge in [-0.15, -0.1) is 5.10 Å². The van der Waals surface area contributed by atoms with Gasteiger partial charge in [0.1, 0.15) is 5.75 Å². The van der Waals surface area contributed by atoms with Gasteiger partial charge in [0, 0.05) is 22.4 Å². The molecule has 0 radical (unpaired) electrons. The summed E-state index contributed by atoms with van der Waals surface area (Å²) in [6, 6.07) is 26.9. The molecule has 0 fully saturated rings. The molecule has 0 aliphatic carbocycles. The molecule has 0 unspecified atom stereocenters. The van der Waals surface area contributed by atoms with E-state index in [0.717, 1.165) is 10.8 Å². The van der Waals surface area contributed by atoms with Crippen LogP contribution in [0.1, 0.15) is 20.7 Å². The van der Waals surface area contributed by atoms with Crippen molar-refractivity contribution in [2.45, 2.75) is 0 Å². The topological polar surface area (TPSA) is 106 Å². The lowest BCUT2D eigenvalue weighted by atomic mass is 10.0. The maximum absolute atomic E-state index is 12.9. The van der Waals surface area contributed by atoms with Crippen LogP contribution in [-0.2, 0) is 0 Å². The zero-order chi connectivity index (χ0) is 24.2. The summed E-state index contributed by atoms with van der Waals surface area (Å²) >= 11 is 0. The van der Waals surface area contributed by atoms with Crippen molar-refractivity contribution in [1.82, 2.24) is 10.2 Å². The van der Waals surface area contributed by atoms with Crippen molar-refractivity contribution in [3.05, 3.63) is 102 Å². The summed E-state index contributed by atoms with van der Waals surface area (Å²) in [6.07, 6.45) is 0. The van der Waals surface area contributed by atoms with Crippen molar-refractivity contribution < 1.29 is 18.7 Å². The largest absolute Gasteiger partial charge is 0.497 e. The highest BCUT2D eigenvalue weighted by Gasteiger charge is 2.15. The second-order valence-electron chi connectivity index (χ2n) is 7.66. The number of benzene rings is 4. The van der Waals surface area contributed by atoms with Crippen molar-refractivity contribution in [3.8, 4) is 17.2 Å². The summed E-state index contributed by atoms with van der Waals surface area (Å²) in [5.74, 6) is 0.254. The molecule has 5 rings (SSSR count). The Morgan fingerprint density at radius 2 is 1.57 bits per heavy atom. The first kappa shape index (κ1) is 21.8. The number of carbonyl (C=O) groups excluding carboxylic acids is 2. The van der Waals surface area contributed by atoms with Gasteiger partial charge < -0.3 is 14.5 Å². The SMILES string of the molecule is COc1ccc(-c2nnc(NC(=O)c3cccc(NC(=O)c4cccc5ccccc45)c3)o2)cc1. The molecule has 35 heavy (non-hydrogen) atoms. The fraction of sp³-hybridized carbons (Fsp3) is 0.0370. The van der Waals surface area contributed by atoms with Crippen LogP contribution >= 0.6 is 0 Å². The number of anilines is 2. The minimum atomic E-state index is -0.448. The molecule has 2 amide bonds. The molecule has 8 nitrogen and oxygen atoms in total. The average molecular weight is 464 g/mol. The van der Waals surface area contributed by atoms with Crippen molar-refractivity contribution in [1.29, 1.82) is 0 Å². The van der Waals surface area contributed by atoms with Crippen LogP contribution in [0.5, 0.6) is 5.75 Å². The predicted molar refractivity (Wildman–Crippen MR) is 133 cm³/mol. The van der Waals surface area contributed by atoms with Crippen LogP contribution in [0.4, 0.5) is 11.7 Å². The Kier molecular flexibility index (Phi) is 5.92. The van der Waals surface area contributed by atoms with E-state index < -0.39 is 5.91 Å². The van der Waals surface area contributed by atoms with Gasteiger partial charge in [0.05, 0.1) is 7.11 Å². The first-order valence-electron chi connectivity index (χ1n) is 10.8. The molecule has 8 heteroatoms. The minimum Gasteiger partial charge on any atom is -0.497 e. The number of methoxy groups -OCH3 is 1. The van der Waals surface area contributed by atoms with E-state index in [4.69, 9.17) is 9.15 Å². The van der Waals surface area contributed by atoms with Gasteiger partial charge in [-0.25, -0.2) is 0 Å². The molecule has 0 bridgehead atoms. The quantitative estimate of drug-likeness (QED) is 0.348. The second kappa shape index (κ2) is 9.48. The van der Waals surface area contributed by atoms with Gasteiger partial charge in [-0.2, -0.15) is 0 Å². The van der Waals surface area contributed by atoms with E-state index in [1.165, 1.54) is 0 Å². The number of ether oxygens (including phenoxy) is 1. The smallest absolute Gasteiger partial charge is 0.322 e. The number of hydrogen-bond donors (Lipinski definition) is 2. The highest BCUT2D eigenvalue weighted by molar-refractivity contribution is 6.13. The Bertz CT molecular complexity index is 1520. The number of rotatable bonds is 6. The van der Waals surface area contributed by atoms with Crippen LogP contribution in [0.3, 0.4) is 0 Å². The van der Waals surface area contributed by atoms with Crippen LogP contribution in [0, 0.1) is 0 Å². The van der Waals surface area contributed by atoms with Gasteiger partial charge in [-0.05, 0) is 59.3 Å². The zero-order valence-corrected chi connectivity index (χ0v) is 18.7. The van der Waals surface area contributed by atoms with E-state index >= 15 is 0 Å². The summed E-state index contributed by atoms with van der Waals surface area (Å²) < 4.78 is 10.7. The Hall–Kier alpha value is -4.98. The number of nitrogens with zero attached hydrogens (tertiary/aromatic N) is 2. The predicted octanol–water partition coefficient (Wildman–Crippen LogP) is 5.40. The Morgan fingerprint density at radius 1 is 0.800 bits per heavy atom. The zero-order valence-electron chi connectivity index (χ0n) is 18.7. The first-order valence-corrected chi connectivity index (χ1v) is 10.8. The third-order valence-corrected chi connectivity index (χ3v) is 5.40. The van der Waals surface area contributed by atoms with Gasteiger partial charge in [0.15, 0.2) is 0 Å². The number of hydrogen-bond acceptors (Lipinski definition) is 6. The fourth-order valence-electron chi connectivity index (χ4n) is 3.65. The first-order chi connectivity index (χ1) is 17.1. The second-order valence-corrected chi connectivity index (χ2v) is 7.66. The maximum atomic E-state index is 12.9. The number of fused-ring (bicyclic) bond motifs is 1. The van der Waals surface area contributed by atoms with E-state index in [-0.39, 0.29) is 17.8 Å². The van der Waals surface area contributed by atoms with Gasteiger partial charge in [-0.1, -0.05) is 47.6 Å². The summed E-state index contributed by atoms with van der Waals surface area (Å²) in [5.41, 5.74) is 2.05. The summed E-state index contributed by atoms with van der Waals surface area (Å²) in [7, 11) is 1.58. The molecule has 2 N–H and O–H groups in total. The molecule has 172 valence electrons. The van der Waals surface area contributed by atoms with Gasteiger partial charge in [-0.3, -0.25) is 14.9 Å². The van der Waals surface area contributed by atoms with Gasteiger partial charge >= 0.3 is 6.01 Å². The standard InChI is InChI=1S/C27H20N4O4/c1-34-21-14-12-18(13-15-21)26-30-31-27(35-26)29-24(32)19-8-4-9-20(16-19)28-25(33)23-11-5-7-17-6-2-3-10-22(17)23/h2-16H,1H3,(H,28,33)(H,29,31,32). The molecular formula is C27H20N4O4. The van der Waals surface area contributed by atoms with Crippen molar-refractivity contribution >= 4 is 34.3 Å². The molecule has 1 aromatic heterocycles. The molecule has 0 saturated carbocycles. The summed E-state index contributed by atoms with van der Waals surface area (Å²) in [5, 5.41) is 15.1. The Labute approximate surface area is 200 Å². The summed E-state index contributed by atoms with van der Waals surface area (Å²) in [4.78, 5) is 25.7. The highest BCUT2D eigenvalue weighted by atomic mass is 16.5. The lowest BCUT2D eigenvalue weighted by Gasteiger charge is -2.09. The van der Waals surface area contributed by atoms with E-state index in [2.05, 4.69) is 20.8 Å². The maximum Gasteiger partial charge on any atom is 0.322 e. The van der Waals surface area contributed by atoms with Gasteiger partial charge in [0.2, 0.25) is 5.89 Å². The van der Waals surface area contributed by atoms with Crippen molar-refractivity contribution in [3.63, 3.8) is 0 Å². The van der Waals surface area contributed by atoms with Crippen LogP contribution in [0.2, 0.25) is 0 Å². The lowest BCUT2D eigenvalue weighted by Crippen LogP contribution is -2.15. The van der Waals surface area contributed by atoms with E-state index in [1.807, 2.05) is 36.4 Å². The van der Waals surface area contributed by atoms with Gasteiger partial charge in [0.25, 0.3) is 11.8 Å². The molecule has 0 atom stereocenters. The molecule has 0 aliphatic rings. The highest BCUT2D eigenvalue weighted by Crippen LogP contribution is 2.23. The van der Waals surface area contributed by atoms with E-state index in [1.54, 1.807) is 61.7 Å². The van der Waals surface area contributed by atoms with Crippen LogP contribution in [-0.4, -0.2) is 29.1 Å². The normalized spacial score (nSPS) is 10.7. The Balaban J connectivity index is 1.29. The molecule has 0 aliphatic heterocycles. The minimum absolute atomic E-state index is 0.0361.